The summed E-state index contributed by atoms with van der Waals surface area (Å²) in [4.78, 5) is 0. The van der Waals surface area contributed by atoms with Crippen LogP contribution < -0.4 is 5.32 Å². The third kappa shape index (κ3) is 1.43. The normalized spacial score (nSPS) is 29.0. The quantitative estimate of drug-likeness (QED) is 0.744. The summed E-state index contributed by atoms with van der Waals surface area (Å²) in [6.07, 6.45) is 11.6. The first-order valence-corrected chi connectivity index (χ1v) is 6.15. The zero-order valence-corrected chi connectivity index (χ0v) is 9.50. The molecule has 2 aliphatic rings. The minimum atomic E-state index is 0.611. The second-order valence-corrected chi connectivity index (χ2v) is 5.35. The van der Waals surface area contributed by atoms with Crippen molar-refractivity contribution in [3.8, 4) is 0 Å². The van der Waals surface area contributed by atoms with Crippen molar-refractivity contribution in [2.45, 2.75) is 38.1 Å². The fourth-order valence-corrected chi connectivity index (χ4v) is 3.38. The van der Waals surface area contributed by atoms with E-state index in [1.54, 1.807) is 0 Å². The molecule has 1 atom stereocenters. The molecule has 0 amide bonds. The van der Waals surface area contributed by atoms with Crippen LogP contribution in [0, 0.1) is 5.41 Å². The van der Waals surface area contributed by atoms with Gasteiger partial charge in [0.1, 0.15) is 0 Å². The molecule has 1 aliphatic heterocycles. The van der Waals surface area contributed by atoms with Crippen molar-refractivity contribution in [1.82, 2.24) is 9.88 Å². The Morgan fingerprint density at radius 1 is 1.33 bits per heavy atom. The lowest BCUT2D eigenvalue weighted by atomic mass is 9.63. The van der Waals surface area contributed by atoms with Crippen LogP contribution >= 0.6 is 0 Å². The standard InChI is InChI=1S/C13H20N2/c1-15-8-5-11(9-15)12-13(10-14-12)6-3-2-4-7-13/h5,8-9,12,14H,2-4,6-7,10H2,1H3. The van der Waals surface area contributed by atoms with Crippen LogP contribution in [0.25, 0.3) is 0 Å². The smallest absolute Gasteiger partial charge is 0.0404 e. The predicted octanol–water partition coefficient (Wildman–Crippen LogP) is 2.62. The van der Waals surface area contributed by atoms with Gasteiger partial charge >= 0.3 is 0 Å². The number of aromatic nitrogens is 1. The maximum Gasteiger partial charge on any atom is 0.0404 e. The number of hydrogen-bond acceptors (Lipinski definition) is 1. The number of aryl methyl sites for hydroxylation is 1. The molecule has 1 saturated carbocycles. The highest BCUT2D eigenvalue weighted by molar-refractivity contribution is 5.23. The van der Waals surface area contributed by atoms with E-state index in [0.29, 0.717) is 11.5 Å². The molecular formula is C13H20N2. The SMILES string of the molecule is Cn1ccc(C2NCC23CCCCC3)c1. The number of rotatable bonds is 1. The van der Waals surface area contributed by atoms with Gasteiger partial charge in [0.25, 0.3) is 0 Å². The molecule has 1 unspecified atom stereocenters. The van der Waals surface area contributed by atoms with Gasteiger partial charge in [0, 0.05) is 37.4 Å². The molecule has 2 heteroatoms. The van der Waals surface area contributed by atoms with Gasteiger partial charge < -0.3 is 9.88 Å². The highest BCUT2D eigenvalue weighted by atomic mass is 15.1. The second-order valence-electron chi connectivity index (χ2n) is 5.35. The van der Waals surface area contributed by atoms with Gasteiger partial charge in [0.15, 0.2) is 0 Å². The summed E-state index contributed by atoms with van der Waals surface area (Å²) in [5, 5.41) is 3.62. The van der Waals surface area contributed by atoms with Crippen molar-refractivity contribution in [1.29, 1.82) is 0 Å². The van der Waals surface area contributed by atoms with Crippen molar-refractivity contribution < 1.29 is 0 Å². The molecule has 3 rings (SSSR count). The summed E-state index contributed by atoms with van der Waals surface area (Å²) in [5.74, 6) is 0. The molecule has 82 valence electrons. The van der Waals surface area contributed by atoms with Crippen molar-refractivity contribution in [2.24, 2.45) is 12.5 Å². The molecule has 0 bridgehead atoms. The molecule has 1 aliphatic carbocycles. The van der Waals surface area contributed by atoms with Gasteiger partial charge in [-0.3, -0.25) is 0 Å². The molecule has 0 aromatic carbocycles. The molecule has 2 heterocycles. The lowest BCUT2D eigenvalue weighted by Gasteiger charge is -2.53. The van der Waals surface area contributed by atoms with Crippen LogP contribution in [0.3, 0.4) is 0 Å². The Hall–Kier alpha value is -0.760. The van der Waals surface area contributed by atoms with E-state index in [1.807, 2.05) is 0 Å². The van der Waals surface area contributed by atoms with Crippen LogP contribution in [0.15, 0.2) is 18.5 Å². The third-order valence-corrected chi connectivity index (χ3v) is 4.31. The minimum absolute atomic E-state index is 0.611. The van der Waals surface area contributed by atoms with Crippen molar-refractivity contribution in [2.75, 3.05) is 6.54 Å². The Kier molecular flexibility index (Phi) is 2.13. The number of nitrogens with zero attached hydrogens (tertiary/aromatic N) is 1. The van der Waals surface area contributed by atoms with E-state index < -0.39 is 0 Å². The zero-order valence-electron chi connectivity index (χ0n) is 9.50. The molecule has 1 aromatic rings. The molecule has 2 fully saturated rings. The van der Waals surface area contributed by atoms with E-state index in [0.717, 1.165) is 0 Å². The topological polar surface area (TPSA) is 17.0 Å². The highest BCUT2D eigenvalue weighted by Gasteiger charge is 2.47. The van der Waals surface area contributed by atoms with Gasteiger partial charge in [-0.25, -0.2) is 0 Å². The maximum absolute atomic E-state index is 3.62. The van der Waals surface area contributed by atoms with Crippen LogP contribution in [0.4, 0.5) is 0 Å². The molecular weight excluding hydrogens is 184 g/mol. The summed E-state index contributed by atoms with van der Waals surface area (Å²) in [6, 6.07) is 2.91. The van der Waals surface area contributed by atoms with E-state index in [1.165, 1.54) is 44.2 Å². The van der Waals surface area contributed by atoms with Gasteiger partial charge in [0.2, 0.25) is 0 Å². The van der Waals surface area contributed by atoms with Crippen LogP contribution in [-0.2, 0) is 7.05 Å². The average molecular weight is 204 g/mol. The summed E-state index contributed by atoms with van der Waals surface area (Å²) in [6.45, 7) is 1.24. The van der Waals surface area contributed by atoms with E-state index in [9.17, 15) is 0 Å². The number of nitrogens with one attached hydrogen (secondary N) is 1. The largest absolute Gasteiger partial charge is 0.357 e. The zero-order chi connectivity index (χ0) is 10.3. The highest BCUT2D eigenvalue weighted by Crippen LogP contribution is 2.51. The van der Waals surface area contributed by atoms with Crippen molar-refractivity contribution in [3.63, 3.8) is 0 Å². The Balaban J connectivity index is 1.82. The summed E-state index contributed by atoms with van der Waals surface area (Å²) < 4.78 is 2.16. The van der Waals surface area contributed by atoms with Crippen LogP contribution in [-0.4, -0.2) is 11.1 Å². The minimum Gasteiger partial charge on any atom is -0.357 e. The number of hydrogen-bond donors (Lipinski definition) is 1. The molecule has 1 N–H and O–H groups in total. The average Bonchev–Trinajstić information content (AvgIpc) is 2.64. The Morgan fingerprint density at radius 2 is 2.13 bits per heavy atom. The fraction of sp³-hybridized carbons (Fsp3) is 0.692. The van der Waals surface area contributed by atoms with Crippen LogP contribution in [0.5, 0.6) is 0 Å². The van der Waals surface area contributed by atoms with Gasteiger partial charge in [0.05, 0.1) is 0 Å². The molecule has 2 nitrogen and oxygen atoms in total. The van der Waals surface area contributed by atoms with Gasteiger partial charge in [-0.1, -0.05) is 19.3 Å². The summed E-state index contributed by atoms with van der Waals surface area (Å²) >= 11 is 0. The Labute approximate surface area is 91.7 Å². The summed E-state index contributed by atoms with van der Waals surface area (Å²) in [7, 11) is 2.11. The van der Waals surface area contributed by atoms with Gasteiger partial charge in [-0.15, -0.1) is 0 Å². The first kappa shape index (κ1) is 9.46. The van der Waals surface area contributed by atoms with Gasteiger partial charge in [-0.2, -0.15) is 0 Å². The third-order valence-electron chi connectivity index (χ3n) is 4.31. The van der Waals surface area contributed by atoms with E-state index in [2.05, 4.69) is 35.4 Å². The van der Waals surface area contributed by atoms with E-state index in [-0.39, 0.29) is 0 Å². The lowest BCUT2D eigenvalue weighted by molar-refractivity contribution is 0.0361. The Bertz CT molecular complexity index is 347. The second kappa shape index (κ2) is 3.38. The fourth-order valence-electron chi connectivity index (χ4n) is 3.38. The molecule has 1 saturated heterocycles. The predicted molar refractivity (Wildman–Crippen MR) is 61.7 cm³/mol. The maximum atomic E-state index is 3.62. The monoisotopic (exact) mass is 204 g/mol. The van der Waals surface area contributed by atoms with Crippen molar-refractivity contribution >= 4 is 0 Å². The molecule has 1 aromatic heterocycles. The van der Waals surface area contributed by atoms with E-state index in [4.69, 9.17) is 0 Å². The first-order chi connectivity index (χ1) is 7.30. The van der Waals surface area contributed by atoms with Crippen molar-refractivity contribution in [3.05, 3.63) is 24.0 Å². The lowest BCUT2D eigenvalue weighted by Crippen LogP contribution is -2.56. The molecule has 15 heavy (non-hydrogen) atoms. The first-order valence-electron chi connectivity index (χ1n) is 6.15. The summed E-state index contributed by atoms with van der Waals surface area (Å²) in [5.41, 5.74) is 2.10. The Morgan fingerprint density at radius 3 is 2.67 bits per heavy atom. The van der Waals surface area contributed by atoms with E-state index >= 15 is 0 Å². The molecule has 0 radical (unpaired) electrons. The van der Waals surface area contributed by atoms with Crippen LogP contribution in [0.1, 0.15) is 43.7 Å². The van der Waals surface area contributed by atoms with Crippen LogP contribution in [0.2, 0.25) is 0 Å². The van der Waals surface area contributed by atoms with Gasteiger partial charge in [-0.05, 0) is 24.5 Å². The molecule has 1 spiro atoms.